The molecule has 0 aliphatic heterocycles. The molecule has 0 radical (unpaired) electrons. The van der Waals surface area contributed by atoms with Gasteiger partial charge in [0, 0.05) is 37.5 Å². The fourth-order valence-corrected chi connectivity index (χ4v) is 12.5. The number of fused-ring (bicyclic) bond motifs is 5. The van der Waals surface area contributed by atoms with Crippen molar-refractivity contribution in [2.75, 3.05) is 18.8 Å². The van der Waals surface area contributed by atoms with E-state index in [9.17, 15) is 24.6 Å². The van der Waals surface area contributed by atoms with E-state index >= 15 is 0 Å². The molecule has 4 aliphatic rings. The van der Waals surface area contributed by atoms with Gasteiger partial charge in [-0.3, -0.25) is 4.99 Å². The van der Waals surface area contributed by atoms with Crippen LogP contribution in [-0.2, 0) is 14.3 Å². The van der Waals surface area contributed by atoms with Crippen LogP contribution in [-0.4, -0.2) is 54.1 Å². The van der Waals surface area contributed by atoms with Gasteiger partial charge in [-0.05, 0) is 97.7 Å². The Morgan fingerprint density at radius 1 is 1.06 bits per heavy atom. The normalized spacial score (nSPS) is 32.3. The van der Waals surface area contributed by atoms with E-state index < -0.39 is 29.7 Å². The Labute approximate surface area is 302 Å². The summed E-state index contributed by atoms with van der Waals surface area (Å²) in [5.74, 6) is 3.06. The number of carboxylic acids is 2. The van der Waals surface area contributed by atoms with Crippen LogP contribution in [0.4, 0.5) is 4.79 Å². The molecule has 49 heavy (non-hydrogen) atoms. The third-order valence-electron chi connectivity index (χ3n) is 12.7. The molecule has 9 nitrogen and oxygen atoms in total. The SMILES string of the molecule is CC(C)CCCC(C)C1CCC2C3CC=C4CC(OC(=O)NCCN=C(N)CCCSSC(CC(=O)[O-])C(=O)[O-])CCC4(C)C3CCC12C. The molecular weight excluding hydrogens is 659 g/mol. The highest BCUT2D eigenvalue weighted by Gasteiger charge is 2.59. The Morgan fingerprint density at radius 2 is 1.84 bits per heavy atom. The second-order valence-corrected chi connectivity index (χ2v) is 19.0. The van der Waals surface area contributed by atoms with E-state index in [2.05, 4.69) is 51.0 Å². The minimum Gasteiger partial charge on any atom is -0.550 e. The molecular formula is C38H61N3O6S2-2. The number of alkyl carbamates (subject to hydrolysis) is 1. The molecule has 0 heterocycles. The molecule has 4 aliphatic carbocycles. The zero-order valence-electron chi connectivity index (χ0n) is 30.5. The molecule has 3 N–H and O–H groups in total. The predicted octanol–water partition coefficient (Wildman–Crippen LogP) is 5.90. The number of hydrogen-bond donors (Lipinski definition) is 2. The first kappa shape index (κ1) is 39.9. The van der Waals surface area contributed by atoms with E-state index in [0.717, 1.165) is 65.6 Å². The number of ether oxygens (including phenoxy) is 1. The predicted molar refractivity (Wildman–Crippen MR) is 196 cm³/mol. The summed E-state index contributed by atoms with van der Waals surface area (Å²) in [7, 11) is 2.21. The zero-order valence-corrected chi connectivity index (χ0v) is 32.1. The molecule has 0 aromatic carbocycles. The van der Waals surface area contributed by atoms with Crippen molar-refractivity contribution in [3.63, 3.8) is 0 Å². The molecule has 0 aromatic rings. The van der Waals surface area contributed by atoms with Crippen LogP contribution in [0.5, 0.6) is 0 Å². The summed E-state index contributed by atoms with van der Waals surface area (Å²) in [5, 5.41) is 23.3. The number of rotatable bonds is 18. The van der Waals surface area contributed by atoms with Gasteiger partial charge in [0.2, 0.25) is 0 Å². The number of aliphatic imine (C=N–C) groups is 1. The van der Waals surface area contributed by atoms with Crippen molar-refractivity contribution in [1.29, 1.82) is 0 Å². The number of hydrogen-bond acceptors (Lipinski definition) is 9. The molecule has 11 heteroatoms. The van der Waals surface area contributed by atoms with E-state index in [1.165, 1.54) is 67.7 Å². The molecule has 9 unspecified atom stereocenters. The number of carbonyl (C=O) groups is 3. The summed E-state index contributed by atoms with van der Waals surface area (Å²) < 4.78 is 5.89. The van der Waals surface area contributed by atoms with E-state index in [0.29, 0.717) is 42.9 Å². The molecule has 3 saturated carbocycles. The summed E-state index contributed by atoms with van der Waals surface area (Å²) in [5.41, 5.74) is 8.21. The van der Waals surface area contributed by atoms with Crippen molar-refractivity contribution in [3.8, 4) is 0 Å². The van der Waals surface area contributed by atoms with E-state index in [-0.39, 0.29) is 11.5 Å². The fraction of sp³-hybridized carbons (Fsp3) is 0.842. The standard InChI is InChI=1S/C38H63N3O6S2/c1-24(2)8-6-9-25(3)29-13-14-30-28-12-11-26-22-27(15-17-37(26,4)31(28)16-18-38(29,30)5)47-36(46)41-20-19-40-33(39)10-7-21-48-49-32(35(44)45)23-34(42)43/h11,24-25,27-32H,6-10,12-23H2,1-5H3,(H2,39,40)(H,41,46)(H,42,43)(H,44,45)/p-2. The van der Waals surface area contributed by atoms with Gasteiger partial charge in [-0.25, -0.2) is 4.79 Å². The maximum Gasteiger partial charge on any atom is 0.407 e. The fourth-order valence-electron chi connectivity index (χ4n) is 10.1. The molecule has 0 bridgehead atoms. The Bertz CT molecular complexity index is 1210. The number of nitrogens with one attached hydrogen (secondary N) is 1. The van der Waals surface area contributed by atoms with Crippen LogP contribution in [0.2, 0.25) is 0 Å². The Balaban J connectivity index is 1.17. The number of aliphatic carboxylic acids is 2. The number of carbonyl (C=O) groups excluding carboxylic acids is 3. The highest BCUT2D eigenvalue weighted by molar-refractivity contribution is 8.77. The quantitative estimate of drug-likeness (QED) is 0.0579. The van der Waals surface area contributed by atoms with E-state index in [1.54, 1.807) is 0 Å². The summed E-state index contributed by atoms with van der Waals surface area (Å²) in [6.45, 7) is 13.1. The Morgan fingerprint density at radius 3 is 2.55 bits per heavy atom. The molecule has 4 rings (SSSR count). The van der Waals surface area contributed by atoms with Gasteiger partial charge in [-0.1, -0.05) is 87.1 Å². The second kappa shape index (κ2) is 18.1. The smallest absolute Gasteiger partial charge is 0.407 e. The number of carboxylic acid groups (broad SMARTS) is 2. The van der Waals surface area contributed by atoms with Crippen molar-refractivity contribution >= 4 is 45.5 Å². The van der Waals surface area contributed by atoms with Crippen LogP contribution in [0, 0.1) is 46.3 Å². The van der Waals surface area contributed by atoms with Crippen LogP contribution in [0.15, 0.2) is 16.6 Å². The first-order valence-electron chi connectivity index (χ1n) is 18.9. The average Bonchev–Trinajstić information content (AvgIpc) is 3.39. The van der Waals surface area contributed by atoms with E-state index in [1.807, 2.05) is 0 Å². The molecule has 0 spiro atoms. The molecule has 9 atom stereocenters. The third-order valence-corrected chi connectivity index (χ3v) is 15.5. The van der Waals surface area contributed by atoms with Crippen molar-refractivity contribution in [2.45, 2.75) is 136 Å². The highest BCUT2D eigenvalue weighted by Crippen LogP contribution is 2.67. The molecule has 278 valence electrons. The van der Waals surface area contributed by atoms with Gasteiger partial charge in [0.15, 0.2) is 0 Å². The lowest BCUT2D eigenvalue weighted by molar-refractivity contribution is -0.314. The van der Waals surface area contributed by atoms with Gasteiger partial charge in [-0.15, -0.1) is 0 Å². The third kappa shape index (κ3) is 10.4. The van der Waals surface area contributed by atoms with Crippen molar-refractivity contribution in [2.24, 2.45) is 57.1 Å². The van der Waals surface area contributed by atoms with Gasteiger partial charge in [-0.2, -0.15) is 0 Å². The highest BCUT2D eigenvalue weighted by atomic mass is 33.1. The number of amides is 1. The number of amidine groups is 1. The maximum absolute atomic E-state index is 12.7. The summed E-state index contributed by atoms with van der Waals surface area (Å²) >= 11 is 0. The molecule has 0 aromatic heterocycles. The van der Waals surface area contributed by atoms with Gasteiger partial charge in [0.1, 0.15) is 6.10 Å². The van der Waals surface area contributed by atoms with Crippen molar-refractivity contribution < 1.29 is 29.3 Å². The lowest BCUT2D eigenvalue weighted by Gasteiger charge is -2.58. The lowest BCUT2D eigenvalue weighted by Crippen LogP contribution is -2.51. The lowest BCUT2D eigenvalue weighted by atomic mass is 9.47. The first-order chi connectivity index (χ1) is 23.2. The van der Waals surface area contributed by atoms with Crippen molar-refractivity contribution in [1.82, 2.24) is 5.32 Å². The summed E-state index contributed by atoms with van der Waals surface area (Å²) in [6, 6.07) is 0. The minimum atomic E-state index is -1.42. The maximum atomic E-state index is 12.7. The van der Waals surface area contributed by atoms with Gasteiger partial charge in [0.05, 0.1) is 23.6 Å². The Kier molecular flexibility index (Phi) is 14.7. The summed E-state index contributed by atoms with van der Waals surface area (Å²) in [6.07, 6.45) is 16.2. The summed E-state index contributed by atoms with van der Waals surface area (Å²) in [4.78, 5) is 38.6. The van der Waals surface area contributed by atoms with Crippen molar-refractivity contribution in [3.05, 3.63) is 11.6 Å². The number of nitrogens with zero attached hydrogens (tertiary/aromatic N) is 1. The van der Waals surface area contributed by atoms with Crippen LogP contribution in [0.1, 0.15) is 125 Å². The van der Waals surface area contributed by atoms with Gasteiger partial charge in [0.25, 0.3) is 0 Å². The molecule has 3 fully saturated rings. The first-order valence-corrected chi connectivity index (χ1v) is 21.2. The van der Waals surface area contributed by atoms with Crippen LogP contribution in [0.3, 0.4) is 0 Å². The monoisotopic (exact) mass is 719 g/mol. The zero-order chi connectivity index (χ0) is 35.8. The minimum absolute atomic E-state index is 0.0977. The van der Waals surface area contributed by atoms with Crippen LogP contribution in [0.25, 0.3) is 0 Å². The largest absolute Gasteiger partial charge is 0.550 e. The van der Waals surface area contributed by atoms with E-state index in [4.69, 9.17) is 10.5 Å². The topological polar surface area (TPSA) is 157 Å². The number of nitrogens with two attached hydrogens (primary N) is 1. The Hall–Kier alpha value is -1.88. The van der Waals surface area contributed by atoms with Crippen LogP contribution < -0.4 is 21.3 Å². The molecule has 1 amide bonds. The van der Waals surface area contributed by atoms with Gasteiger partial charge >= 0.3 is 6.09 Å². The number of allylic oxidation sites excluding steroid dienone is 1. The van der Waals surface area contributed by atoms with Crippen LogP contribution >= 0.6 is 21.6 Å². The molecule has 0 saturated heterocycles. The van der Waals surface area contributed by atoms with Gasteiger partial charge < -0.3 is 35.6 Å². The average molecular weight is 720 g/mol. The second-order valence-electron chi connectivity index (χ2n) is 16.3.